The number of carbonyl (C=O) groups is 1. The molecule has 1 aliphatic rings. The summed E-state index contributed by atoms with van der Waals surface area (Å²) in [6, 6.07) is 7.57. The molecule has 1 saturated heterocycles. The number of likely N-dealkylation sites (N-methyl/N-ethyl adjacent to an activating group) is 1. The van der Waals surface area contributed by atoms with Crippen molar-refractivity contribution in [1.82, 2.24) is 30.0 Å². The van der Waals surface area contributed by atoms with Crippen molar-refractivity contribution in [3.8, 4) is 11.3 Å². The van der Waals surface area contributed by atoms with Gasteiger partial charge in [-0.25, -0.2) is 14.4 Å². The van der Waals surface area contributed by atoms with E-state index in [0.29, 0.717) is 46.7 Å². The van der Waals surface area contributed by atoms with E-state index >= 15 is 0 Å². The molecule has 0 radical (unpaired) electrons. The number of halogens is 2. The van der Waals surface area contributed by atoms with Gasteiger partial charge in [-0.1, -0.05) is 11.6 Å². The van der Waals surface area contributed by atoms with Gasteiger partial charge < -0.3 is 20.4 Å². The Morgan fingerprint density at radius 1 is 1.09 bits per heavy atom. The molecule has 0 saturated carbocycles. The zero-order valence-electron chi connectivity index (χ0n) is 19.1. The van der Waals surface area contributed by atoms with Gasteiger partial charge in [-0.2, -0.15) is 10.2 Å². The lowest BCUT2D eigenvalue weighted by Gasteiger charge is -2.32. The smallest absolute Gasteiger partial charge is 0.226 e. The van der Waals surface area contributed by atoms with Crippen molar-refractivity contribution in [3.63, 3.8) is 0 Å². The third-order valence-corrected chi connectivity index (χ3v) is 5.87. The number of hydrogen-bond donors (Lipinski definition) is 2. The highest BCUT2D eigenvalue weighted by Gasteiger charge is 2.15. The Labute approximate surface area is 202 Å². The number of aromatic nitrogens is 4. The summed E-state index contributed by atoms with van der Waals surface area (Å²) >= 11 is 6.01. The third kappa shape index (κ3) is 6.22. The summed E-state index contributed by atoms with van der Waals surface area (Å²) in [4.78, 5) is 25.3. The van der Waals surface area contributed by atoms with Crippen LogP contribution in [0.1, 0.15) is 12.1 Å². The second kappa shape index (κ2) is 10.8. The third-order valence-electron chi connectivity index (χ3n) is 5.63. The molecular weight excluding hydrogens is 459 g/mol. The zero-order valence-corrected chi connectivity index (χ0v) is 19.8. The second-order valence-corrected chi connectivity index (χ2v) is 8.65. The van der Waals surface area contributed by atoms with Crippen LogP contribution in [0.3, 0.4) is 0 Å². The van der Waals surface area contributed by atoms with E-state index in [2.05, 4.69) is 47.6 Å². The van der Waals surface area contributed by atoms with E-state index in [1.165, 1.54) is 24.5 Å². The van der Waals surface area contributed by atoms with Crippen LogP contribution in [0.2, 0.25) is 5.02 Å². The molecule has 178 valence electrons. The molecule has 0 aliphatic carbocycles. The van der Waals surface area contributed by atoms with Gasteiger partial charge in [0.1, 0.15) is 23.8 Å². The number of nitrogens with one attached hydrogen (secondary N) is 2. The van der Waals surface area contributed by atoms with Gasteiger partial charge in [-0.15, -0.1) is 0 Å². The highest BCUT2D eigenvalue weighted by Crippen LogP contribution is 2.28. The Morgan fingerprint density at radius 2 is 1.85 bits per heavy atom. The Bertz CT molecular complexity index is 1170. The molecule has 9 nitrogen and oxygen atoms in total. The molecule has 0 atom stereocenters. The van der Waals surface area contributed by atoms with Gasteiger partial charge in [0.05, 0.1) is 17.1 Å². The fourth-order valence-electron chi connectivity index (χ4n) is 3.57. The number of amides is 1. The van der Waals surface area contributed by atoms with E-state index in [0.717, 1.165) is 26.2 Å². The number of rotatable bonds is 7. The van der Waals surface area contributed by atoms with E-state index in [4.69, 9.17) is 11.6 Å². The second-order valence-electron chi connectivity index (χ2n) is 8.21. The Balaban J connectivity index is 1.41. The molecule has 34 heavy (non-hydrogen) atoms. The SMILES string of the molecule is Cc1nnc(-c2cc(Cl)ccc2F)cc1Nc1cc(NC(=O)CCN2CCN(C)CC2)ncn1. The summed E-state index contributed by atoms with van der Waals surface area (Å²) in [6.45, 7) is 6.43. The Kier molecular flexibility index (Phi) is 7.61. The predicted octanol–water partition coefficient (Wildman–Crippen LogP) is 3.35. The minimum Gasteiger partial charge on any atom is -0.338 e. The number of carbonyl (C=O) groups excluding carboxylic acids is 1. The first-order valence-electron chi connectivity index (χ1n) is 11.0. The largest absolute Gasteiger partial charge is 0.338 e. The molecule has 1 aliphatic heterocycles. The normalized spacial score (nSPS) is 14.7. The quantitative estimate of drug-likeness (QED) is 0.526. The van der Waals surface area contributed by atoms with Crippen LogP contribution in [0, 0.1) is 12.7 Å². The van der Waals surface area contributed by atoms with Gasteiger partial charge in [0.15, 0.2) is 0 Å². The summed E-state index contributed by atoms with van der Waals surface area (Å²) in [5.41, 5.74) is 1.77. The van der Waals surface area contributed by atoms with Gasteiger partial charge in [0.25, 0.3) is 0 Å². The lowest BCUT2D eigenvalue weighted by Crippen LogP contribution is -2.45. The summed E-state index contributed by atoms with van der Waals surface area (Å²) in [5, 5.41) is 14.6. The molecule has 1 fully saturated rings. The van der Waals surface area contributed by atoms with E-state index in [-0.39, 0.29) is 11.5 Å². The number of piperazine rings is 1. The van der Waals surface area contributed by atoms with Gasteiger partial charge >= 0.3 is 0 Å². The first-order valence-corrected chi connectivity index (χ1v) is 11.3. The van der Waals surface area contributed by atoms with E-state index in [1.54, 1.807) is 19.1 Å². The molecule has 4 rings (SSSR count). The summed E-state index contributed by atoms with van der Waals surface area (Å²) < 4.78 is 14.3. The molecule has 3 heterocycles. The van der Waals surface area contributed by atoms with E-state index in [9.17, 15) is 9.18 Å². The molecule has 3 aromatic rings. The predicted molar refractivity (Wildman–Crippen MR) is 130 cm³/mol. The average Bonchev–Trinajstić information content (AvgIpc) is 2.82. The number of hydrogen-bond acceptors (Lipinski definition) is 8. The van der Waals surface area contributed by atoms with Crippen LogP contribution in [0.15, 0.2) is 36.7 Å². The maximum Gasteiger partial charge on any atom is 0.226 e. The summed E-state index contributed by atoms with van der Waals surface area (Å²) in [5.74, 6) is 0.292. The van der Waals surface area contributed by atoms with Crippen LogP contribution in [0.5, 0.6) is 0 Å². The molecule has 2 N–H and O–H groups in total. The number of benzene rings is 1. The fourth-order valence-corrected chi connectivity index (χ4v) is 3.75. The first kappa shape index (κ1) is 23.9. The van der Waals surface area contributed by atoms with Crippen LogP contribution in [0.25, 0.3) is 11.3 Å². The van der Waals surface area contributed by atoms with Gasteiger partial charge in [0.2, 0.25) is 5.91 Å². The molecule has 0 spiro atoms. The fraction of sp³-hybridized carbons (Fsp3) is 0.348. The van der Waals surface area contributed by atoms with Gasteiger partial charge in [0, 0.05) is 55.8 Å². The molecule has 0 unspecified atom stereocenters. The molecule has 2 aromatic heterocycles. The van der Waals surface area contributed by atoms with Crippen LogP contribution in [-0.4, -0.2) is 75.6 Å². The molecular formula is C23H26ClFN8O. The highest BCUT2D eigenvalue weighted by atomic mass is 35.5. The number of anilines is 3. The van der Waals surface area contributed by atoms with E-state index < -0.39 is 5.82 Å². The van der Waals surface area contributed by atoms with Crippen molar-refractivity contribution in [2.24, 2.45) is 0 Å². The molecule has 1 aromatic carbocycles. The van der Waals surface area contributed by atoms with Crippen molar-refractivity contribution < 1.29 is 9.18 Å². The average molecular weight is 485 g/mol. The monoisotopic (exact) mass is 484 g/mol. The topological polar surface area (TPSA) is 99.2 Å². The summed E-state index contributed by atoms with van der Waals surface area (Å²) in [6.07, 6.45) is 1.75. The minimum absolute atomic E-state index is 0.107. The standard InChI is InChI=1S/C23H26ClFN8O/c1-15-19(12-20(31-30-15)17-11-16(24)3-4-18(17)25)28-21-13-22(27-14-26-21)29-23(34)5-6-33-9-7-32(2)8-10-33/h3-4,11-14H,5-10H2,1-2H3,(H2,26,27,28,29,31,34). The number of aryl methyl sites for hydroxylation is 1. The van der Waals surface area contributed by atoms with Crippen molar-refractivity contribution >= 4 is 34.8 Å². The van der Waals surface area contributed by atoms with Gasteiger partial charge in [-0.05, 0) is 38.2 Å². The minimum atomic E-state index is -0.447. The lowest BCUT2D eigenvalue weighted by molar-refractivity contribution is -0.116. The Hall–Kier alpha value is -3.21. The van der Waals surface area contributed by atoms with Crippen molar-refractivity contribution in [2.75, 3.05) is 50.4 Å². The van der Waals surface area contributed by atoms with Gasteiger partial charge in [-0.3, -0.25) is 4.79 Å². The lowest BCUT2D eigenvalue weighted by atomic mass is 10.1. The molecule has 0 bridgehead atoms. The number of nitrogens with zero attached hydrogens (tertiary/aromatic N) is 6. The first-order chi connectivity index (χ1) is 16.4. The van der Waals surface area contributed by atoms with Crippen LogP contribution >= 0.6 is 11.6 Å². The highest BCUT2D eigenvalue weighted by molar-refractivity contribution is 6.30. The maximum absolute atomic E-state index is 14.3. The molecule has 1 amide bonds. The van der Waals surface area contributed by atoms with Crippen molar-refractivity contribution in [1.29, 1.82) is 0 Å². The zero-order chi connectivity index (χ0) is 24.1. The van der Waals surface area contributed by atoms with Crippen molar-refractivity contribution in [2.45, 2.75) is 13.3 Å². The van der Waals surface area contributed by atoms with Crippen molar-refractivity contribution in [3.05, 3.63) is 53.2 Å². The van der Waals surface area contributed by atoms with Crippen LogP contribution < -0.4 is 10.6 Å². The summed E-state index contributed by atoms with van der Waals surface area (Å²) in [7, 11) is 2.10. The Morgan fingerprint density at radius 3 is 2.65 bits per heavy atom. The molecule has 11 heteroatoms. The maximum atomic E-state index is 14.3. The van der Waals surface area contributed by atoms with E-state index in [1.807, 2.05) is 0 Å². The van der Waals surface area contributed by atoms with Crippen LogP contribution in [-0.2, 0) is 4.79 Å². The van der Waals surface area contributed by atoms with Crippen LogP contribution in [0.4, 0.5) is 21.7 Å².